The molecule has 1 N–H and O–H groups in total. The highest BCUT2D eigenvalue weighted by molar-refractivity contribution is 6.07. The number of hydrogen-bond acceptors (Lipinski definition) is 3. The lowest BCUT2D eigenvalue weighted by atomic mass is 10.2. The maximum absolute atomic E-state index is 13.7. The fourth-order valence-corrected chi connectivity index (χ4v) is 2.13. The number of hydrogen-bond donors (Lipinski definition) is 1. The second-order valence-corrected chi connectivity index (χ2v) is 4.37. The van der Waals surface area contributed by atoms with Crippen LogP contribution in [0.4, 0.5) is 4.39 Å². The number of aromatic nitrogens is 2. The summed E-state index contributed by atoms with van der Waals surface area (Å²) in [5, 5.41) is 13.3. The third-order valence-corrected chi connectivity index (χ3v) is 3.09. The fourth-order valence-electron chi connectivity index (χ4n) is 2.13. The van der Waals surface area contributed by atoms with Gasteiger partial charge in [-0.15, -0.1) is 0 Å². The lowest BCUT2D eigenvalue weighted by molar-refractivity contribution is 0.0691. The van der Waals surface area contributed by atoms with Gasteiger partial charge in [0, 0.05) is 5.39 Å². The number of carboxylic acids is 1. The average molecular weight is 284 g/mol. The van der Waals surface area contributed by atoms with Crippen molar-refractivity contribution < 1.29 is 19.1 Å². The second kappa shape index (κ2) is 4.82. The Morgan fingerprint density at radius 2 is 1.71 bits per heavy atom. The Hall–Kier alpha value is -3.02. The molecule has 1 aromatic heterocycles. The van der Waals surface area contributed by atoms with Gasteiger partial charge in [0.05, 0.1) is 11.1 Å². The molecule has 2 aromatic carbocycles. The van der Waals surface area contributed by atoms with Crippen molar-refractivity contribution in [3.63, 3.8) is 0 Å². The zero-order chi connectivity index (χ0) is 15.0. The Balaban J connectivity index is 2.24. The van der Waals surface area contributed by atoms with Crippen molar-refractivity contribution in [2.45, 2.75) is 0 Å². The maximum Gasteiger partial charge on any atom is 0.357 e. The minimum Gasteiger partial charge on any atom is -0.476 e. The van der Waals surface area contributed by atoms with Gasteiger partial charge in [-0.2, -0.15) is 9.78 Å². The van der Waals surface area contributed by atoms with E-state index in [-0.39, 0.29) is 11.3 Å². The van der Waals surface area contributed by atoms with E-state index in [1.807, 2.05) is 0 Å². The first-order valence-electron chi connectivity index (χ1n) is 6.10. The molecule has 0 amide bonds. The lowest BCUT2D eigenvalue weighted by Gasteiger charge is -2.03. The molecule has 104 valence electrons. The molecule has 0 radical (unpaired) electrons. The van der Waals surface area contributed by atoms with Crippen molar-refractivity contribution >= 4 is 22.8 Å². The smallest absolute Gasteiger partial charge is 0.357 e. The Morgan fingerprint density at radius 1 is 1.05 bits per heavy atom. The van der Waals surface area contributed by atoms with Crippen LogP contribution in [-0.2, 0) is 0 Å². The van der Waals surface area contributed by atoms with Gasteiger partial charge in [0.15, 0.2) is 5.69 Å². The van der Waals surface area contributed by atoms with Crippen molar-refractivity contribution in [2.24, 2.45) is 0 Å². The first-order valence-corrected chi connectivity index (χ1v) is 6.10. The first kappa shape index (κ1) is 13.0. The van der Waals surface area contributed by atoms with E-state index in [1.165, 1.54) is 18.2 Å². The van der Waals surface area contributed by atoms with Crippen LogP contribution >= 0.6 is 0 Å². The lowest BCUT2D eigenvalue weighted by Crippen LogP contribution is -2.16. The third kappa shape index (κ3) is 2.06. The highest BCUT2D eigenvalue weighted by Crippen LogP contribution is 2.20. The van der Waals surface area contributed by atoms with Crippen LogP contribution in [-0.4, -0.2) is 26.8 Å². The van der Waals surface area contributed by atoms with E-state index in [2.05, 4.69) is 5.10 Å². The van der Waals surface area contributed by atoms with Crippen LogP contribution in [0.3, 0.4) is 0 Å². The predicted molar refractivity (Wildman–Crippen MR) is 72.8 cm³/mol. The molecular weight excluding hydrogens is 275 g/mol. The largest absolute Gasteiger partial charge is 0.476 e. The molecule has 0 saturated carbocycles. The number of nitrogens with zero attached hydrogens (tertiary/aromatic N) is 2. The summed E-state index contributed by atoms with van der Waals surface area (Å²) in [4.78, 5) is 23.6. The molecule has 3 rings (SSSR count). The van der Waals surface area contributed by atoms with Gasteiger partial charge in [-0.05, 0) is 18.2 Å². The number of carbonyl (C=O) groups excluding carboxylic acids is 1. The van der Waals surface area contributed by atoms with Gasteiger partial charge >= 0.3 is 5.97 Å². The third-order valence-electron chi connectivity index (χ3n) is 3.09. The van der Waals surface area contributed by atoms with Crippen molar-refractivity contribution in [3.8, 4) is 0 Å². The predicted octanol–water partition coefficient (Wildman–Crippen LogP) is 2.56. The molecule has 0 unspecified atom stereocenters. The monoisotopic (exact) mass is 284 g/mol. The zero-order valence-electron chi connectivity index (χ0n) is 10.7. The van der Waals surface area contributed by atoms with E-state index >= 15 is 0 Å². The summed E-state index contributed by atoms with van der Waals surface area (Å²) >= 11 is 0. The number of halogens is 1. The first-order chi connectivity index (χ1) is 10.1. The van der Waals surface area contributed by atoms with Crippen molar-refractivity contribution in [1.82, 2.24) is 9.78 Å². The van der Waals surface area contributed by atoms with Gasteiger partial charge in [-0.3, -0.25) is 4.79 Å². The zero-order valence-corrected chi connectivity index (χ0v) is 10.7. The number of para-hydroxylation sites is 1. The van der Waals surface area contributed by atoms with E-state index in [4.69, 9.17) is 5.11 Å². The quantitative estimate of drug-likeness (QED) is 0.785. The molecule has 21 heavy (non-hydrogen) atoms. The van der Waals surface area contributed by atoms with E-state index in [1.54, 1.807) is 24.3 Å². The maximum atomic E-state index is 13.7. The summed E-state index contributed by atoms with van der Waals surface area (Å²) < 4.78 is 14.6. The van der Waals surface area contributed by atoms with Crippen LogP contribution in [0, 0.1) is 5.82 Å². The molecule has 0 aliphatic rings. The van der Waals surface area contributed by atoms with Crippen LogP contribution in [0.25, 0.3) is 10.9 Å². The SMILES string of the molecule is O=C(O)c1nn(C(=O)c2ccccc2F)c2ccccc12. The number of carboxylic acid groups (broad SMARTS) is 1. The highest BCUT2D eigenvalue weighted by atomic mass is 19.1. The molecule has 0 spiro atoms. The summed E-state index contributed by atoms with van der Waals surface area (Å²) in [7, 11) is 0. The summed E-state index contributed by atoms with van der Waals surface area (Å²) in [6, 6.07) is 11.9. The summed E-state index contributed by atoms with van der Waals surface area (Å²) in [5.74, 6) is -2.64. The molecule has 6 heteroatoms. The number of rotatable bonds is 2. The molecule has 0 atom stereocenters. The molecule has 5 nitrogen and oxygen atoms in total. The van der Waals surface area contributed by atoms with E-state index < -0.39 is 17.7 Å². The molecule has 0 aliphatic heterocycles. The minimum absolute atomic E-state index is 0.164. The van der Waals surface area contributed by atoms with Crippen LogP contribution in [0.5, 0.6) is 0 Å². The summed E-state index contributed by atoms with van der Waals surface area (Å²) in [6.07, 6.45) is 0. The van der Waals surface area contributed by atoms with Gasteiger partial charge in [0.2, 0.25) is 0 Å². The molecule has 0 aliphatic carbocycles. The van der Waals surface area contributed by atoms with Crippen molar-refractivity contribution in [1.29, 1.82) is 0 Å². The van der Waals surface area contributed by atoms with Gasteiger partial charge in [-0.25, -0.2) is 9.18 Å². The van der Waals surface area contributed by atoms with E-state index in [9.17, 15) is 14.0 Å². The van der Waals surface area contributed by atoms with Crippen molar-refractivity contribution in [2.75, 3.05) is 0 Å². The van der Waals surface area contributed by atoms with E-state index in [0.717, 1.165) is 10.7 Å². The highest BCUT2D eigenvalue weighted by Gasteiger charge is 2.21. The molecule has 3 aromatic rings. The van der Waals surface area contributed by atoms with Crippen LogP contribution in [0.15, 0.2) is 48.5 Å². The molecule has 0 bridgehead atoms. The van der Waals surface area contributed by atoms with Crippen LogP contribution in [0.2, 0.25) is 0 Å². The number of benzene rings is 2. The average Bonchev–Trinajstić information content (AvgIpc) is 2.87. The van der Waals surface area contributed by atoms with Crippen molar-refractivity contribution in [3.05, 3.63) is 65.6 Å². The van der Waals surface area contributed by atoms with Crippen LogP contribution in [0.1, 0.15) is 20.8 Å². The van der Waals surface area contributed by atoms with Gasteiger partial charge in [-0.1, -0.05) is 30.3 Å². The molecular formula is C15H9FN2O3. The normalized spacial score (nSPS) is 10.7. The second-order valence-electron chi connectivity index (χ2n) is 4.37. The Kier molecular flexibility index (Phi) is 2.98. The summed E-state index contributed by atoms with van der Waals surface area (Å²) in [6.45, 7) is 0. The number of carbonyl (C=O) groups is 2. The fraction of sp³-hybridized carbons (Fsp3) is 0. The Bertz CT molecular complexity index is 870. The van der Waals surface area contributed by atoms with Crippen LogP contribution < -0.4 is 0 Å². The molecule has 0 fully saturated rings. The van der Waals surface area contributed by atoms with Gasteiger partial charge in [0.1, 0.15) is 5.82 Å². The van der Waals surface area contributed by atoms with E-state index in [0.29, 0.717) is 10.9 Å². The Labute approximate surface area is 118 Å². The number of fused-ring (bicyclic) bond motifs is 1. The standard InChI is InChI=1S/C15H9FN2O3/c16-11-7-3-1-5-9(11)14(19)18-12-8-4-2-6-10(12)13(17-18)15(20)21/h1-8H,(H,20,21). The van der Waals surface area contributed by atoms with Gasteiger partial charge in [0.25, 0.3) is 5.91 Å². The molecule has 1 heterocycles. The minimum atomic E-state index is -1.24. The Morgan fingerprint density at radius 3 is 2.43 bits per heavy atom. The van der Waals surface area contributed by atoms with Gasteiger partial charge < -0.3 is 5.11 Å². The number of aromatic carboxylic acids is 1. The summed E-state index contributed by atoms with van der Waals surface area (Å²) in [5.41, 5.74) is -0.0823. The topological polar surface area (TPSA) is 72.2 Å². The molecule has 0 saturated heterocycles.